The van der Waals surface area contributed by atoms with Crippen molar-refractivity contribution in [2.75, 3.05) is 0 Å². The number of hydrogen-bond donors (Lipinski definition) is 2. The van der Waals surface area contributed by atoms with Crippen molar-refractivity contribution in [2.45, 2.75) is 50.7 Å². The first-order valence-corrected chi connectivity index (χ1v) is 5.21. The second-order valence-electron chi connectivity index (χ2n) is 4.50. The van der Waals surface area contributed by atoms with Crippen LogP contribution >= 0.6 is 0 Å². The van der Waals surface area contributed by atoms with Gasteiger partial charge in [-0.2, -0.15) is 0 Å². The van der Waals surface area contributed by atoms with Crippen LogP contribution in [0.15, 0.2) is 0 Å². The molecule has 2 heteroatoms. The summed E-state index contributed by atoms with van der Waals surface area (Å²) in [6, 6.07) is 0.410. The molecule has 2 aliphatic rings. The number of aliphatic hydroxyl groups excluding tert-OH is 1. The van der Waals surface area contributed by atoms with E-state index in [0.717, 1.165) is 25.7 Å². The topological polar surface area (TPSA) is 46.2 Å². The highest BCUT2D eigenvalue weighted by atomic mass is 16.3. The van der Waals surface area contributed by atoms with E-state index in [1.54, 1.807) is 0 Å². The van der Waals surface area contributed by atoms with Crippen molar-refractivity contribution in [3.8, 4) is 0 Å². The molecule has 0 aromatic heterocycles. The largest absolute Gasteiger partial charge is 0.393 e. The van der Waals surface area contributed by atoms with Crippen LogP contribution < -0.4 is 5.73 Å². The van der Waals surface area contributed by atoms with Crippen LogP contribution in [0.3, 0.4) is 0 Å². The Hall–Kier alpha value is -0.0800. The molecule has 1 unspecified atom stereocenters. The van der Waals surface area contributed by atoms with Gasteiger partial charge in [0.05, 0.1) is 6.10 Å². The fraction of sp³-hybridized carbons (Fsp3) is 1.00. The molecular formula is C10H19NO. The Balaban J connectivity index is 1.80. The monoisotopic (exact) mass is 169 g/mol. The molecule has 3 N–H and O–H groups in total. The average molecular weight is 169 g/mol. The lowest BCUT2D eigenvalue weighted by Gasteiger charge is -2.29. The van der Waals surface area contributed by atoms with Gasteiger partial charge in [-0.3, -0.25) is 0 Å². The van der Waals surface area contributed by atoms with E-state index in [-0.39, 0.29) is 6.10 Å². The van der Waals surface area contributed by atoms with Crippen LogP contribution in [0.1, 0.15) is 38.5 Å². The molecule has 70 valence electrons. The molecule has 0 bridgehead atoms. The fourth-order valence-corrected chi connectivity index (χ4v) is 2.31. The summed E-state index contributed by atoms with van der Waals surface area (Å²) < 4.78 is 0. The molecule has 0 saturated heterocycles. The number of rotatable bonds is 2. The lowest BCUT2D eigenvalue weighted by Crippen LogP contribution is -2.32. The molecule has 0 radical (unpaired) electrons. The molecule has 0 aromatic rings. The van der Waals surface area contributed by atoms with Gasteiger partial charge in [0.1, 0.15) is 0 Å². The van der Waals surface area contributed by atoms with E-state index in [2.05, 4.69) is 0 Å². The summed E-state index contributed by atoms with van der Waals surface area (Å²) in [7, 11) is 0. The summed E-state index contributed by atoms with van der Waals surface area (Å²) in [5.41, 5.74) is 5.81. The van der Waals surface area contributed by atoms with Gasteiger partial charge in [0, 0.05) is 6.04 Å². The first-order chi connectivity index (χ1) is 5.77. The van der Waals surface area contributed by atoms with Crippen molar-refractivity contribution in [3.05, 3.63) is 0 Å². The molecule has 0 aliphatic heterocycles. The van der Waals surface area contributed by atoms with Crippen LogP contribution in [0.25, 0.3) is 0 Å². The molecule has 0 amide bonds. The normalized spacial score (nSPS) is 39.5. The summed E-state index contributed by atoms with van der Waals surface area (Å²) in [5.74, 6) is 1.21. The maximum absolute atomic E-state index is 9.86. The smallest absolute Gasteiger partial charge is 0.0596 e. The Bertz CT molecular complexity index is 148. The first kappa shape index (κ1) is 8.52. The van der Waals surface area contributed by atoms with Crippen molar-refractivity contribution in [2.24, 2.45) is 17.6 Å². The van der Waals surface area contributed by atoms with E-state index < -0.39 is 0 Å². The molecule has 0 spiro atoms. The van der Waals surface area contributed by atoms with Gasteiger partial charge in [0.2, 0.25) is 0 Å². The summed E-state index contributed by atoms with van der Waals surface area (Å²) >= 11 is 0. The SMILES string of the molecule is N[C@H]1CC[C@H](C(O)C2CC2)CC1. The van der Waals surface area contributed by atoms with Gasteiger partial charge in [-0.1, -0.05) is 0 Å². The Kier molecular flexibility index (Phi) is 2.37. The molecule has 2 rings (SSSR count). The highest BCUT2D eigenvalue weighted by Crippen LogP contribution is 2.39. The third-order valence-electron chi connectivity index (χ3n) is 3.40. The van der Waals surface area contributed by atoms with Crippen molar-refractivity contribution < 1.29 is 5.11 Å². The van der Waals surface area contributed by atoms with Crippen molar-refractivity contribution in [1.29, 1.82) is 0 Å². The minimum absolute atomic E-state index is 0.00231. The third kappa shape index (κ3) is 1.80. The minimum Gasteiger partial charge on any atom is -0.393 e. The van der Waals surface area contributed by atoms with Gasteiger partial charge in [0.15, 0.2) is 0 Å². The predicted molar refractivity (Wildman–Crippen MR) is 48.7 cm³/mol. The minimum atomic E-state index is -0.00231. The number of nitrogens with two attached hydrogens (primary N) is 1. The lowest BCUT2D eigenvalue weighted by atomic mass is 9.81. The molecule has 2 aliphatic carbocycles. The van der Waals surface area contributed by atoms with E-state index in [1.165, 1.54) is 12.8 Å². The summed E-state index contributed by atoms with van der Waals surface area (Å²) in [6.45, 7) is 0. The Morgan fingerprint density at radius 1 is 0.917 bits per heavy atom. The Morgan fingerprint density at radius 2 is 1.33 bits per heavy atom. The maximum atomic E-state index is 9.86. The van der Waals surface area contributed by atoms with Gasteiger partial charge in [-0.05, 0) is 50.4 Å². The van der Waals surface area contributed by atoms with E-state index in [9.17, 15) is 5.11 Å². The van der Waals surface area contributed by atoms with Gasteiger partial charge in [-0.15, -0.1) is 0 Å². The Morgan fingerprint density at radius 3 is 1.75 bits per heavy atom. The van der Waals surface area contributed by atoms with Gasteiger partial charge in [0.25, 0.3) is 0 Å². The van der Waals surface area contributed by atoms with Crippen LogP contribution in [-0.4, -0.2) is 17.3 Å². The van der Waals surface area contributed by atoms with Gasteiger partial charge >= 0.3 is 0 Å². The Labute approximate surface area is 74.1 Å². The molecule has 2 fully saturated rings. The fourth-order valence-electron chi connectivity index (χ4n) is 2.31. The molecule has 12 heavy (non-hydrogen) atoms. The summed E-state index contributed by atoms with van der Waals surface area (Å²) in [4.78, 5) is 0. The zero-order valence-electron chi connectivity index (χ0n) is 7.58. The molecule has 2 saturated carbocycles. The van der Waals surface area contributed by atoms with E-state index in [1.807, 2.05) is 0 Å². The predicted octanol–water partition coefficient (Wildman–Crippen LogP) is 1.27. The van der Waals surface area contributed by atoms with Crippen molar-refractivity contribution >= 4 is 0 Å². The highest BCUT2D eigenvalue weighted by molar-refractivity contribution is 4.88. The zero-order valence-corrected chi connectivity index (χ0v) is 7.58. The second kappa shape index (κ2) is 3.35. The molecule has 1 atom stereocenters. The van der Waals surface area contributed by atoms with E-state index >= 15 is 0 Å². The molecule has 0 heterocycles. The zero-order chi connectivity index (χ0) is 8.55. The average Bonchev–Trinajstić information content (AvgIpc) is 2.87. The highest BCUT2D eigenvalue weighted by Gasteiger charge is 2.36. The standard InChI is InChI=1S/C10H19NO/c11-9-5-3-8(4-6-9)10(12)7-1-2-7/h7-10,12H,1-6,11H2/t8-,9-,10?. The molecule has 2 nitrogen and oxygen atoms in total. The van der Waals surface area contributed by atoms with Gasteiger partial charge < -0.3 is 10.8 Å². The second-order valence-corrected chi connectivity index (χ2v) is 4.50. The van der Waals surface area contributed by atoms with Crippen LogP contribution in [0.4, 0.5) is 0 Å². The number of aliphatic hydroxyl groups is 1. The van der Waals surface area contributed by atoms with E-state index in [4.69, 9.17) is 5.73 Å². The summed E-state index contributed by atoms with van der Waals surface area (Å²) in [5, 5.41) is 9.86. The maximum Gasteiger partial charge on any atom is 0.0596 e. The van der Waals surface area contributed by atoms with Crippen LogP contribution in [0.2, 0.25) is 0 Å². The van der Waals surface area contributed by atoms with Crippen molar-refractivity contribution in [1.82, 2.24) is 0 Å². The molecule has 0 aromatic carbocycles. The number of hydrogen-bond acceptors (Lipinski definition) is 2. The van der Waals surface area contributed by atoms with Crippen LogP contribution in [-0.2, 0) is 0 Å². The van der Waals surface area contributed by atoms with Crippen LogP contribution in [0, 0.1) is 11.8 Å². The third-order valence-corrected chi connectivity index (χ3v) is 3.40. The van der Waals surface area contributed by atoms with Crippen LogP contribution in [0.5, 0.6) is 0 Å². The van der Waals surface area contributed by atoms with E-state index in [0.29, 0.717) is 17.9 Å². The first-order valence-electron chi connectivity index (χ1n) is 5.21. The molecular weight excluding hydrogens is 150 g/mol. The lowest BCUT2D eigenvalue weighted by molar-refractivity contribution is 0.0631. The quantitative estimate of drug-likeness (QED) is 0.654. The van der Waals surface area contributed by atoms with Gasteiger partial charge in [-0.25, -0.2) is 0 Å². The van der Waals surface area contributed by atoms with Crippen molar-refractivity contribution in [3.63, 3.8) is 0 Å². The summed E-state index contributed by atoms with van der Waals surface area (Å²) in [6.07, 6.45) is 7.05.